The lowest BCUT2D eigenvalue weighted by Crippen LogP contribution is -2.30. The summed E-state index contributed by atoms with van der Waals surface area (Å²) < 4.78 is 0. The number of carboxylic acid groups (broad SMARTS) is 1. The molecule has 1 rings (SSSR count). The summed E-state index contributed by atoms with van der Waals surface area (Å²) in [5.41, 5.74) is 1.08. The lowest BCUT2D eigenvalue weighted by molar-refractivity contribution is -0.133. The van der Waals surface area contributed by atoms with Crippen molar-refractivity contribution in [2.45, 2.75) is 39.7 Å². The van der Waals surface area contributed by atoms with Crippen molar-refractivity contribution in [3.63, 3.8) is 0 Å². The van der Waals surface area contributed by atoms with Crippen LogP contribution in [0.5, 0.6) is 0 Å². The molecule has 0 bridgehead atoms. The van der Waals surface area contributed by atoms with Gasteiger partial charge < -0.3 is 10.2 Å². The van der Waals surface area contributed by atoms with Gasteiger partial charge in [-0.25, -0.2) is 4.79 Å². The molecular weight excluding hydrogens is 168 g/mol. The Labute approximate surface area is 78.1 Å². The molecule has 0 aliphatic heterocycles. The van der Waals surface area contributed by atoms with Gasteiger partial charge in [0, 0.05) is 12.0 Å². The van der Waals surface area contributed by atoms with Gasteiger partial charge in [0.1, 0.15) is 0 Å². The number of aliphatic hydroxyl groups excluding tert-OH is 1. The molecule has 0 spiro atoms. The Balaban J connectivity index is 3.09. The fourth-order valence-corrected chi connectivity index (χ4v) is 1.86. The quantitative estimate of drug-likeness (QED) is 0.650. The van der Waals surface area contributed by atoms with Crippen molar-refractivity contribution in [2.75, 3.05) is 0 Å². The van der Waals surface area contributed by atoms with Crippen LogP contribution in [0.4, 0.5) is 0 Å². The van der Waals surface area contributed by atoms with Crippen LogP contribution in [-0.4, -0.2) is 22.3 Å². The first-order valence-corrected chi connectivity index (χ1v) is 4.46. The molecule has 1 aliphatic carbocycles. The minimum Gasteiger partial charge on any atom is -0.478 e. The topological polar surface area (TPSA) is 57.5 Å². The van der Waals surface area contributed by atoms with Crippen LogP contribution in [0, 0.1) is 5.41 Å². The number of rotatable bonds is 1. The SMILES string of the molecule is CC1=C(C(=O)O)CC(O)CC1(C)C. The van der Waals surface area contributed by atoms with Gasteiger partial charge >= 0.3 is 5.97 Å². The van der Waals surface area contributed by atoms with Crippen LogP contribution < -0.4 is 0 Å². The number of carboxylic acids is 1. The largest absolute Gasteiger partial charge is 0.478 e. The molecule has 1 aliphatic rings. The molecule has 0 saturated carbocycles. The molecular formula is C10H16O3. The van der Waals surface area contributed by atoms with E-state index in [4.69, 9.17) is 5.11 Å². The fourth-order valence-electron chi connectivity index (χ4n) is 1.86. The Morgan fingerprint density at radius 3 is 2.54 bits per heavy atom. The number of allylic oxidation sites excluding steroid dienone is 1. The summed E-state index contributed by atoms with van der Waals surface area (Å²) in [5, 5.41) is 18.4. The molecule has 1 unspecified atom stereocenters. The van der Waals surface area contributed by atoms with Crippen LogP contribution in [0.2, 0.25) is 0 Å². The highest BCUT2D eigenvalue weighted by atomic mass is 16.4. The van der Waals surface area contributed by atoms with Crippen LogP contribution in [0.15, 0.2) is 11.1 Å². The van der Waals surface area contributed by atoms with E-state index in [2.05, 4.69) is 0 Å². The van der Waals surface area contributed by atoms with E-state index < -0.39 is 12.1 Å². The average molecular weight is 184 g/mol. The summed E-state index contributed by atoms with van der Waals surface area (Å²) >= 11 is 0. The van der Waals surface area contributed by atoms with Gasteiger partial charge in [0.2, 0.25) is 0 Å². The Bertz CT molecular complexity index is 263. The monoisotopic (exact) mass is 184 g/mol. The second kappa shape index (κ2) is 3.14. The van der Waals surface area contributed by atoms with Gasteiger partial charge in [-0.1, -0.05) is 19.4 Å². The van der Waals surface area contributed by atoms with Crippen molar-refractivity contribution in [3.05, 3.63) is 11.1 Å². The second-order valence-electron chi connectivity index (χ2n) is 4.35. The van der Waals surface area contributed by atoms with Crippen molar-refractivity contribution < 1.29 is 15.0 Å². The van der Waals surface area contributed by atoms with Crippen LogP contribution in [0.3, 0.4) is 0 Å². The third-order valence-electron chi connectivity index (χ3n) is 2.91. The molecule has 74 valence electrons. The molecule has 2 N–H and O–H groups in total. The van der Waals surface area contributed by atoms with E-state index >= 15 is 0 Å². The zero-order valence-corrected chi connectivity index (χ0v) is 8.29. The summed E-state index contributed by atoms with van der Waals surface area (Å²) in [6.07, 6.45) is 0.421. The molecule has 0 aromatic rings. The van der Waals surface area contributed by atoms with E-state index in [1.54, 1.807) is 0 Å². The molecule has 0 amide bonds. The zero-order chi connectivity index (χ0) is 10.2. The van der Waals surface area contributed by atoms with E-state index in [1.165, 1.54) is 0 Å². The lowest BCUT2D eigenvalue weighted by atomic mass is 9.72. The van der Waals surface area contributed by atoms with Gasteiger partial charge in [-0.05, 0) is 18.8 Å². The van der Waals surface area contributed by atoms with Gasteiger partial charge in [0.15, 0.2) is 0 Å². The Kier molecular flexibility index (Phi) is 2.48. The summed E-state index contributed by atoms with van der Waals surface area (Å²) in [7, 11) is 0. The first-order chi connectivity index (χ1) is 5.84. The van der Waals surface area contributed by atoms with E-state index in [9.17, 15) is 9.90 Å². The summed E-state index contributed by atoms with van der Waals surface area (Å²) in [4.78, 5) is 10.8. The molecule has 13 heavy (non-hydrogen) atoms. The molecule has 3 heteroatoms. The number of hydrogen-bond acceptors (Lipinski definition) is 2. The first-order valence-electron chi connectivity index (χ1n) is 4.46. The first kappa shape index (κ1) is 10.3. The van der Waals surface area contributed by atoms with Crippen molar-refractivity contribution >= 4 is 5.97 Å². The Morgan fingerprint density at radius 1 is 1.54 bits per heavy atom. The highest BCUT2D eigenvalue weighted by molar-refractivity contribution is 5.88. The van der Waals surface area contributed by atoms with Crippen molar-refractivity contribution in [1.29, 1.82) is 0 Å². The van der Waals surface area contributed by atoms with Gasteiger partial charge in [0.05, 0.1) is 6.10 Å². The number of aliphatic carboxylic acids is 1. The normalized spacial score (nSPS) is 27.5. The number of hydrogen-bond donors (Lipinski definition) is 2. The molecule has 0 saturated heterocycles. The Morgan fingerprint density at radius 2 is 2.08 bits per heavy atom. The van der Waals surface area contributed by atoms with Crippen LogP contribution >= 0.6 is 0 Å². The predicted molar refractivity (Wildman–Crippen MR) is 49.4 cm³/mol. The fraction of sp³-hybridized carbons (Fsp3) is 0.700. The molecule has 1 atom stereocenters. The van der Waals surface area contributed by atoms with E-state index in [0.717, 1.165) is 5.57 Å². The smallest absolute Gasteiger partial charge is 0.331 e. The third-order valence-corrected chi connectivity index (χ3v) is 2.91. The van der Waals surface area contributed by atoms with Gasteiger partial charge in [-0.3, -0.25) is 0 Å². The highest BCUT2D eigenvalue weighted by Crippen LogP contribution is 2.39. The molecule has 0 fully saturated rings. The Hall–Kier alpha value is -0.830. The second-order valence-corrected chi connectivity index (χ2v) is 4.35. The van der Waals surface area contributed by atoms with Crippen molar-refractivity contribution in [2.24, 2.45) is 5.41 Å². The predicted octanol–water partition coefficient (Wildman–Crippen LogP) is 1.57. The van der Waals surface area contributed by atoms with Gasteiger partial charge in [-0.2, -0.15) is 0 Å². The maximum Gasteiger partial charge on any atom is 0.331 e. The number of carbonyl (C=O) groups is 1. The summed E-state index contributed by atoms with van der Waals surface area (Å²) in [5.74, 6) is -0.899. The maximum absolute atomic E-state index is 10.8. The van der Waals surface area contributed by atoms with Gasteiger partial charge in [0.25, 0.3) is 0 Å². The maximum atomic E-state index is 10.8. The van der Waals surface area contributed by atoms with Gasteiger partial charge in [-0.15, -0.1) is 0 Å². The molecule has 0 aromatic carbocycles. The van der Waals surface area contributed by atoms with E-state index in [-0.39, 0.29) is 11.8 Å². The van der Waals surface area contributed by atoms with Crippen LogP contribution in [0.1, 0.15) is 33.6 Å². The average Bonchev–Trinajstić information content (AvgIpc) is 1.95. The van der Waals surface area contributed by atoms with Crippen molar-refractivity contribution in [3.8, 4) is 0 Å². The number of aliphatic hydroxyl groups is 1. The zero-order valence-electron chi connectivity index (χ0n) is 8.29. The summed E-state index contributed by atoms with van der Waals surface area (Å²) in [6.45, 7) is 5.77. The minimum atomic E-state index is -0.899. The van der Waals surface area contributed by atoms with Crippen LogP contribution in [-0.2, 0) is 4.79 Å². The molecule has 3 nitrogen and oxygen atoms in total. The lowest BCUT2D eigenvalue weighted by Gasteiger charge is -2.34. The summed E-state index contributed by atoms with van der Waals surface area (Å²) in [6, 6.07) is 0. The third kappa shape index (κ3) is 1.91. The van der Waals surface area contributed by atoms with Crippen LogP contribution in [0.25, 0.3) is 0 Å². The minimum absolute atomic E-state index is 0.189. The molecule has 0 heterocycles. The standard InChI is InChI=1S/C10H16O3/c1-6-8(9(12)13)4-7(11)5-10(6,2)3/h7,11H,4-5H2,1-3H3,(H,12,13). The van der Waals surface area contributed by atoms with Crippen molar-refractivity contribution in [1.82, 2.24) is 0 Å². The highest BCUT2D eigenvalue weighted by Gasteiger charge is 2.34. The van der Waals surface area contributed by atoms with E-state index in [0.29, 0.717) is 12.0 Å². The molecule has 0 aromatic heterocycles. The molecule has 0 radical (unpaired) electrons. The van der Waals surface area contributed by atoms with E-state index in [1.807, 2.05) is 20.8 Å².